The number of fused-ring (bicyclic) bond motifs is 1. The van der Waals surface area contributed by atoms with Crippen LogP contribution in [0.1, 0.15) is 41.9 Å². The highest BCUT2D eigenvalue weighted by Gasteiger charge is 2.22. The molecule has 0 aromatic heterocycles. The summed E-state index contributed by atoms with van der Waals surface area (Å²) in [5.74, 6) is 0.572. The zero-order valence-electron chi connectivity index (χ0n) is 10.0. The van der Waals surface area contributed by atoms with Gasteiger partial charge in [-0.15, -0.1) is 0 Å². The normalized spacial score (nSPS) is 19.0. The van der Waals surface area contributed by atoms with E-state index in [0.29, 0.717) is 12.3 Å². The van der Waals surface area contributed by atoms with Crippen LogP contribution in [-0.4, -0.2) is 13.0 Å². The van der Waals surface area contributed by atoms with Crippen molar-refractivity contribution in [2.75, 3.05) is 7.05 Å². The van der Waals surface area contributed by atoms with Gasteiger partial charge in [0.1, 0.15) is 0 Å². The van der Waals surface area contributed by atoms with Crippen LogP contribution >= 0.6 is 0 Å². The van der Waals surface area contributed by atoms with Crippen LogP contribution < -0.4 is 5.32 Å². The second kappa shape index (κ2) is 4.69. The fourth-order valence-electron chi connectivity index (χ4n) is 2.55. The second-order valence-corrected chi connectivity index (χ2v) is 4.67. The molecule has 1 aliphatic rings. The summed E-state index contributed by atoms with van der Waals surface area (Å²) in [6.45, 7) is 2.12. The molecule has 0 bridgehead atoms. The van der Waals surface area contributed by atoms with E-state index in [1.165, 1.54) is 29.5 Å². The fourth-order valence-corrected chi connectivity index (χ4v) is 2.55. The monoisotopic (exact) mass is 217 g/mol. The lowest BCUT2D eigenvalue weighted by atomic mass is 9.80. The lowest BCUT2D eigenvalue weighted by molar-refractivity contribution is -0.121. The summed E-state index contributed by atoms with van der Waals surface area (Å²) in [6, 6.07) is 6.64. The molecule has 0 fully saturated rings. The van der Waals surface area contributed by atoms with Gasteiger partial charge in [0.15, 0.2) is 0 Å². The van der Waals surface area contributed by atoms with Crippen LogP contribution in [0.4, 0.5) is 0 Å². The Morgan fingerprint density at radius 3 is 3.06 bits per heavy atom. The van der Waals surface area contributed by atoms with Gasteiger partial charge in [0.05, 0.1) is 0 Å². The third-order valence-electron chi connectivity index (χ3n) is 3.45. The minimum absolute atomic E-state index is 0.152. The van der Waals surface area contributed by atoms with Crippen molar-refractivity contribution in [2.45, 2.75) is 38.5 Å². The molecule has 1 N–H and O–H groups in total. The Labute approximate surface area is 97.1 Å². The number of rotatable bonds is 2. The van der Waals surface area contributed by atoms with Gasteiger partial charge < -0.3 is 5.32 Å². The molecule has 0 radical (unpaired) electrons. The lowest BCUT2D eigenvalue weighted by Crippen LogP contribution is -2.22. The topological polar surface area (TPSA) is 29.1 Å². The molecule has 0 aliphatic heterocycles. The van der Waals surface area contributed by atoms with Crippen LogP contribution in [0.15, 0.2) is 18.2 Å². The predicted octanol–water partition coefficient (Wildman–Crippen LogP) is 2.55. The maximum absolute atomic E-state index is 11.5. The van der Waals surface area contributed by atoms with Crippen LogP contribution in [0.5, 0.6) is 0 Å². The highest BCUT2D eigenvalue weighted by atomic mass is 16.1. The Hall–Kier alpha value is -1.31. The molecule has 2 rings (SSSR count). The second-order valence-electron chi connectivity index (χ2n) is 4.67. The number of hydrogen-bond acceptors (Lipinski definition) is 1. The van der Waals surface area contributed by atoms with E-state index in [9.17, 15) is 4.79 Å². The van der Waals surface area contributed by atoms with Crippen LogP contribution in [0, 0.1) is 6.92 Å². The number of nitrogens with one attached hydrogen (secondary N) is 1. The van der Waals surface area contributed by atoms with Crippen LogP contribution in [0.25, 0.3) is 0 Å². The van der Waals surface area contributed by atoms with Gasteiger partial charge >= 0.3 is 0 Å². The van der Waals surface area contributed by atoms with E-state index < -0.39 is 0 Å². The van der Waals surface area contributed by atoms with E-state index in [0.717, 1.165) is 6.42 Å². The molecule has 2 nitrogen and oxygen atoms in total. The molecule has 1 amide bonds. The Morgan fingerprint density at radius 1 is 1.50 bits per heavy atom. The summed E-state index contributed by atoms with van der Waals surface area (Å²) in [4.78, 5) is 11.5. The predicted molar refractivity (Wildman–Crippen MR) is 65.5 cm³/mol. The fraction of sp³-hybridized carbons (Fsp3) is 0.500. The smallest absolute Gasteiger partial charge is 0.220 e. The number of carbonyl (C=O) groups is 1. The first-order valence-electron chi connectivity index (χ1n) is 6.00. The highest BCUT2D eigenvalue weighted by molar-refractivity contribution is 5.76. The van der Waals surface area contributed by atoms with Gasteiger partial charge in [-0.05, 0) is 43.2 Å². The molecule has 1 aromatic rings. The van der Waals surface area contributed by atoms with Crippen molar-refractivity contribution in [3.8, 4) is 0 Å². The SMILES string of the molecule is CNC(=O)CC1CCCc2ccc(C)cc21. The minimum atomic E-state index is 0.152. The van der Waals surface area contributed by atoms with Crippen molar-refractivity contribution >= 4 is 5.91 Å². The summed E-state index contributed by atoms with van der Waals surface area (Å²) < 4.78 is 0. The summed E-state index contributed by atoms with van der Waals surface area (Å²) >= 11 is 0. The average Bonchev–Trinajstić information content (AvgIpc) is 2.29. The van der Waals surface area contributed by atoms with Gasteiger partial charge in [0, 0.05) is 13.5 Å². The molecule has 0 saturated carbocycles. The lowest BCUT2D eigenvalue weighted by Gasteiger charge is -2.25. The van der Waals surface area contributed by atoms with Crippen molar-refractivity contribution < 1.29 is 4.79 Å². The van der Waals surface area contributed by atoms with E-state index >= 15 is 0 Å². The van der Waals surface area contributed by atoms with E-state index in [4.69, 9.17) is 0 Å². The molecule has 16 heavy (non-hydrogen) atoms. The molecule has 0 spiro atoms. The van der Waals surface area contributed by atoms with E-state index in [-0.39, 0.29) is 5.91 Å². The van der Waals surface area contributed by atoms with Crippen LogP contribution in [0.3, 0.4) is 0 Å². The molecule has 0 heterocycles. The molecule has 1 aliphatic carbocycles. The van der Waals surface area contributed by atoms with Gasteiger partial charge in [-0.2, -0.15) is 0 Å². The number of aryl methyl sites for hydroxylation is 2. The summed E-state index contributed by atoms with van der Waals surface area (Å²) in [6.07, 6.45) is 4.15. The molecule has 0 saturated heterocycles. The van der Waals surface area contributed by atoms with Crippen molar-refractivity contribution in [3.63, 3.8) is 0 Å². The Kier molecular flexibility index (Phi) is 3.28. The number of carbonyl (C=O) groups excluding carboxylic acids is 1. The molecule has 1 unspecified atom stereocenters. The van der Waals surface area contributed by atoms with E-state index in [1.54, 1.807) is 7.05 Å². The van der Waals surface area contributed by atoms with Gasteiger partial charge in [-0.25, -0.2) is 0 Å². The van der Waals surface area contributed by atoms with Crippen molar-refractivity contribution in [3.05, 3.63) is 34.9 Å². The maximum Gasteiger partial charge on any atom is 0.220 e. The van der Waals surface area contributed by atoms with Gasteiger partial charge in [0.25, 0.3) is 0 Å². The zero-order chi connectivity index (χ0) is 11.5. The van der Waals surface area contributed by atoms with E-state index in [2.05, 4.69) is 30.4 Å². The summed E-state index contributed by atoms with van der Waals surface area (Å²) in [7, 11) is 1.71. The van der Waals surface area contributed by atoms with Crippen molar-refractivity contribution in [2.24, 2.45) is 0 Å². The number of hydrogen-bond donors (Lipinski definition) is 1. The first kappa shape index (κ1) is 11.2. The van der Waals surface area contributed by atoms with Gasteiger partial charge in [0.2, 0.25) is 5.91 Å². The van der Waals surface area contributed by atoms with Gasteiger partial charge in [-0.3, -0.25) is 4.79 Å². The van der Waals surface area contributed by atoms with Crippen molar-refractivity contribution in [1.82, 2.24) is 5.32 Å². The Morgan fingerprint density at radius 2 is 2.31 bits per heavy atom. The molecule has 2 heteroatoms. The zero-order valence-corrected chi connectivity index (χ0v) is 10.0. The molecule has 1 atom stereocenters. The molecule has 86 valence electrons. The maximum atomic E-state index is 11.5. The Balaban J connectivity index is 2.24. The summed E-state index contributed by atoms with van der Waals surface area (Å²) in [5, 5.41) is 2.72. The first-order chi connectivity index (χ1) is 7.70. The van der Waals surface area contributed by atoms with Gasteiger partial charge in [-0.1, -0.05) is 23.8 Å². The minimum Gasteiger partial charge on any atom is -0.359 e. The third kappa shape index (κ3) is 2.26. The van der Waals surface area contributed by atoms with E-state index in [1.807, 2.05) is 0 Å². The molecular weight excluding hydrogens is 198 g/mol. The average molecular weight is 217 g/mol. The quantitative estimate of drug-likeness (QED) is 0.810. The standard InChI is InChI=1S/C14H19NO/c1-10-6-7-11-4-3-5-12(13(11)8-10)9-14(16)15-2/h6-8,12H,3-5,9H2,1-2H3,(H,15,16). The van der Waals surface area contributed by atoms with Crippen LogP contribution in [0.2, 0.25) is 0 Å². The van der Waals surface area contributed by atoms with Crippen LogP contribution in [-0.2, 0) is 11.2 Å². The number of amides is 1. The summed E-state index contributed by atoms with van der Waals surface area (Å²) in [5.41, 5.74) is 4.13. The number of benzene rings is 1. The largest absolute Gasteiger partial charge is 0.359 e. The molecular formula is C14H19NO. The first-order valence-corrected chi connectivity index (χ1v) is 6.00. The van der Waals surface area contributed by atoms with Crippen molar-refractivity contribution in [1.29, 1.82) is 0 Å². The third-order valence-corrected chi connectivity index (χ3v) is 3.45. The Bertz CT molecular complexity index is 398. The highest BCUT2D eigenvalue weighted by Crippen LogP contribution is 2.34. The molecule has 1 aromatic carbocycles.